The summed E-state index contributed by atoms with van der Waals surface area (Å²) in [6.45, 7) is 7.50. The molecular formula is C16H31N3O2. The van der Waals surface area contributed by atoms with Crippen LogP contribution >= 0.6 is 0 Å². The van der Waals surface area contributed by atoms with Crippen LogP contribution in [0.2, 0.25) is 0 Å². The smallest absolute Gasteiger partial charge is 0.315 e. The summed E-state index contributed by atoms with van der Waals surface area (Å²) < 4.78 is 0. The second-order valence-electron chi connectivity index (χ2n) is 6.93. The van der Waals surface area contributed by atoms with Gasteiger partial charge >= 0.3 is 6.03 Å². The molecule has 122 valence electrons. The van der Waals surface area contributed by atoms with Gasteiger partial charge in [-0.05, 0) is 64.5 Å². The van der Waals surface area contributed by atoms with Gasteiger partial charge in [-0.1, -0.05) is 6.92 Å². The fourth-order valence-electron chi connectivity index (χ4n) is 3.30. The van der Waals surface area contributed by atoms with E-state index in [1.54, 1.807) is 0 Å². The molecule has 2 amide bonds. The highest BCUT2D eigenvalue weighted by Gasteiger charge is 2.22. The molecule has 5 nitrogen and oxygen atoms in total. The summed E-state index contributed by atoms with van der Waals surface area (Å²) in [4.78, 5) is 14.4. The quantitative estimate of drug-likeness (QED) is 0.740. The number of urea groups is 1. The average molecular weight is 297 g/mol. The Kier molecular flexibility index (Phi) is 6.30. The zero-order chi connectivity index (χ0) is 15.2. The van der Waals surface area contributed by atoms with E-state index in [2.05, 4.69) is 29.4 Å². The van der Waals surface area contributed by atoms with Crippen LogP contribution in [0.15, 0.2) is 0 Å². The topological polar surface area (TPSA) is 64.6 Å². The van der Waals surface area contributed by atoms with Gasteiger partial charge in [0.25, 0.3) is 0 Å². The lowest BCUT2D eigenvalue weighted by atomic mass is 9.93. The van der Waals surface area contributed by atoms with Crippen LogP contribution in [-0.4, -0.2) is 53.9 Å². The molecule has 0 spiro atoms. The first-order valence-electron chi connectivity index (χ1n) is 8.51. The molecule has 1 unspecified atom stereocenters. The molecule has 1 heterocycles. The van der Waals surface area contributed by atoms with Crippen LogP contribution in [0, 0.1) is 5.92 Å². The van der Waals surface area contributed by atoms with Crippen molar-refractivity contribution < 1.29 is 9.90 Å². The number of aliphatic hydroxyl groups is 1. The number of aliphatic hydroxyl groups excluding tert-OH is 1. The lowest BCUT2D eigenvalue weighted by Gasteiger charge is -2.35. The first-order valence-corrected chi connectivity index (χ1v) is 8.51. The van der Waals surface area contributed by atoms with Crippen molar-refractivity contribution in [2.24, 2.45) is 5.92 Å². The van der Waals surface area contributed by atoms with Crippen molar-refractivity contribution in [3.8, 4) is 0 Å². The molecule has 2 aliphatic rings. The Balaban J connectivity index is 1.62. The number of rotatable bonds is 4. The van der Waals surface area contributed by atoms with E-state index in [0.717, 1.165) is 44.7 Å². The average Bonchev–Trinajstić information content (AvgIpc) is 2.48. The molecule has 0 radical (unpaired) electrons. The van der Waals surface area contributed by atoms with Gasteiger partial charge < -0.3 is 15.7 Å². The van der Waals surface area contributed by atoms with Gasteiger partial charge in [0.1, 0.15) is 0 Å². The van der Waals surface area contributed by atoms with Crippen molar-refractivity contribution in [3.63, 3.8) is 0 Å². The number of nitrogens with one attached hydrogen (secondary N) is 2. The van der Waals surface area contributed by atoms with Gasteiger partial charge in [-0.3, -0.25) is 4.90 Å². The van der Waals surface area contributed by atoms with Crippen LogP contribution in [0.25, 0.3) is 0 Å². The van der Waals surface area contributed by atoms with Gasteiger partial charge in [0.15, 0.2) is 0 Å². The number of carbonyl (C=O) groups is 1. The molecule has 2 fully saturated rings. The standard InChI is InChI=1S/C16H31N3O2/c1-12-7-9-19(10-8-12)13(2)11-17-16(21)18-14-3-5-15(20)6-4-14/h12-15,20H,3-11H2,1-2H3,(H2,17,18,21). The van der Waals surface area contributed by atoms with E-state index in [9.17, 15) is 9.90 Å². The molecule has 0 bridgehead atoms. The Hall–Kier alpha value is -0.810. The van der Waals surface area contributed by atoms with Crippen molar-refractivity contribution in [3.05, 3.63) is 0 Å². The second-order valence-corrected chi connectivity index (χ2v) is 6.93. The number of hydrogen-bond donors (Lipinski definition) is 3. The molecule has 21 heavy (non-hydrogen) atoms. The second kappa shape index (κ2) is 7.99. The lowest BCUT2D eigenvalue weighted by Crippen LogP contribution is -2.49. The van der Waals surface area contributed by atoms with E-state index >= 15 is 0 Å². The van der Waals surface area contributed by atoms with Crippen molar-refractivity contribution in [2.75, 3.05) is 19.6 Å². The molecular weight excluding hydrogens is 266 g/mol. The predicted octanol–water partition coefficient (Wildman–Crippen LogP) is 1.71. The molecule has 5 heteroatoms. The van der Waals surface area contributed by atoms with Crippen molar-refractivity contribution in [1.29, 1.82) is 0 Å². The van der Waals surface area contributed by atoms with E-state index in [1.807, 2.05) is 0 Å². The maximum Gasteiger partial charge on any atom is 0.315 e. The van der Waals surface area contributed by atoms with Crippen LogP contribution < -0.4 is 10.6 Å². The molecule has 1 aliphatic carbocycles. The van der Waals surface area contributed by atoms with Gasteiger partial charge in [0.2, 0.25) is 0 Å². The zero-order valence-corrected chi connectivity index (χ0v) is 13.5. The largest absolute Gasteiger partial charge is 0.393 e. The van der Waals surface area contributed by atoms with Gasteiger partial charge in [0, 0.05) is 18.6 Å². The van der Waals surface area contributed by atoms with Gasteiger partial charge in [-0.25, -0.2) is 4.79 Å². The molecule has 1 saturated heterocycles. The Labute approximate surface area is 128 Å². The van der Waals surface area contributed by atoms with Crippen LogP contribution in [0.4, 0.5) is 4.79 Å². The molecule has 3 N–H and O–H groups in total. The number of piperidine rings is 1. The Bertz CT molecular complexity index is 321. The Morgan fingerprint density at radius 3 is 2.43 bits per heavy atom. The number of amides is 2. The van der Waals surface area contributed by atoms with E-state index < -0.39 is 0 Å². The summed E-state index contributed by atoms with van der Waals surface area (Å²) in [7, 11) is 0. The van der Waals surface area contributed by atoms with Gasteiger partial charge in [0.05, 0.1) is 6.10 Å². The number of likely N-dealkylation sites (tertiary alicyclic amines) is 1. The summed E-state index contributed by atoms with van der Waals surface area (Å²) in [5, 5.41) is 15.5. The van der Waals surface area contributed by atoms with Crippen molar-refractivity contribution >= 4 is 6.03 Å². The molecule has 0 aromatic heterocycles. The fraction of sp³-hybridized carbons (Fsp3) is 0.938. The maximum atomic E-state index is 11.9. The first-order chi connectivity index (χ1) is 10.0. The van der Waals surface area contributed by atoms with Crippen molar-refractivity contribution in [2.45, 2.75) is 70.6 Å². The molecule has 1 aliphatic heterocycles. The highest BCUT2D eigenvalue weighted by Crippen LogP contribution is 2.19. The summed E-state index contributed by atoms with van der Waals surface area (Å²) in [6, 6.07) is 0.560. The normalized spacial score (nSPS) is 29.9. The molecule has 1 saturated carbocycles. The van der Waals surface area contributed by atoms with Crippen LogP contribution in [0.5, 0.6) is 0 Å². The molecule has 0 aromatic rings. The highest BCUT2D eigenvalue weighted by atomic mass is 16.3. The third kappa shape index (κ3) is 5.47. The minimum absolute atomic E-state index is 0.0615. The first kappa shape index (κ1) is 16.6. The summed E-state index contributed by atoms with van der Waals surface area (Å²) >= 11 is 0. The van der Waals surface area contributed by atoms with E-state index in [0.29, 0.717) is 12.6 Å². The number of carbonyl (C=O) groups excluding carboxylic acids is 1. The van der Waals surface area contributed by atoms with Crippen LogP contribution in [0.1, 0.15) is 52.4 Å². The molecule has 1 atom stereocenters. The summed E-state index contributed by atoms with van der Waals surface area (Å²) in [5.41, 5.74) is 0. The van der Waals surface area contributed by atoms with E-state index in [4.69, 9.17) is 0 Å². The number of nitrogens with zero attached hydrogens (tertiary/aromatic N) is 1. The maximum absolute atomic E-state index is 11.9. The van der Waals surface area contributed by atoms with E-state index in [1.165, 1.54) is 12.8 Å². The number of hydrogen-bond acceptors (Lipinski definition) is 3. The molecule has 2 rings (SSSR count). The third-order valence-corrected chi connectivity index (χ3v) is 5.03. The third-order valence-electron chi connectivity index (χ3n) is 5.03. The predicted molar refractivity (Wildman–Crippen MR) is 84.2 cm³/mol. The van der Waals surface area contributed by atoms with E-state index in [-0.39, 0.29) is 18.2 Å². The fourth-order valence-corrected chi connectivity index (χ4v) is 3.30. The summed E-state index contributed by atoms with van der Waals surface area (Å²) in [6.07, 6.45) is 5.72. The monoisotopic (exact) mass is 297 g/mol. The minimum Gasteiger partial charge on any atom is -0.393 e. The lowest BCUT2D eigenvalue weighted by molar-refractivity contribution is 0.117. The molecule has 0 aromatic carbocycles. The zero-order valence-electron chi connectivity index (χ0n) is 13.5. The SMILES string of the molecule is CC1CCN(C(C)CNC(=O)NC2CCC(O)CC2)CC1. The Morgan fingerprint density at radius 1 is 1.19 bits per heavy atom. The van der Waals surface area contributed by atoms with Crippen LogP contribution in [-0.2, 0) is 0 Å². The highest BCUT2D eigenvalue weighted by molar-refractivity contribution is 5.74. The Morgan fingerprint density at radius 2 is 1.81 bits per heavy atom. The van der Waals surface area contributed by atoms with Crippen LogP contribution in [0.3, 0.4) is 0 Å². The summed E-state index contributed by atoms with van der Waals surface area (Å²) in [5.74, 6) is 0.839. The minimum atomic E-state index is -0.173. The van der Waals surface area contributed by atoms with Gasteiger partial charge in [-0.2, -0.15) is 0 Å². The van der Waals surface area contributed by atoms with Crippen molar-refractivity contribution in [1.82, 2.24) is 15.5 Å². The van der Waals surface area contributed by atoms with Gasteiger partial charge in [-0.15, -0.1) is 0 Å².